The Hall–Kier alpha value is -3.35. The minimum atomic E-state index is -1.82. The molecular weight excluding hydrogens is 564 g/mol. The van der Waals surface area contributed by atoms with E-state index in [0.717, 1.165) is 12.1 Å². The number of aliphatic hydroxyl groups excluding tert-OH is 8. The Kier molecular flexibility index (Phi) is 8.41. The summed E-state index contributed by atoms with van der Waals surface area (Å²) in [4.78, 5) is 13.1. The van der Waals surface area contributed by atoms with E-state index in [1.54, 1.807) is 0 Å². The lowest BCUT2D eigenvalue weighted by Crippen LogP contribution is -2.60. The molecule has 0 saturated carbocycles. The summed E-state index contributed by atoms with van der Waals surface area (Å²) in [7, 11) is 0. The standard InChI is InChI=1S/C27H30O15/c28-7-15-19(33)21(35)23(37)26(41-15)18-12(31)5-11(30)17-13(32)6-14(40-25(17)18)9-1-3-10(4-2-9)39-27-24(38)22(36)20(34)16(8-29)42-27/h1-6,15-16,19-24,26-31,33-38H,7-8H2/t15-,16-,19-,20-,21+,22-,23-,24-,26+,27-/m1/s1. The van der Waals surface area contributed by atoms with Crippen molar-refractivity contribution in [1.82, 2.24) is 0 Å². The third-order valence-electron chi connectivity index (χ3n) is 7.41. The third-order valence-corrected chi connectivity index (χ3v) is 7.41. The molecule has 42 heavy (non-hydrogen) atoms. The van der Waals surface area contributed by atoms with Crippen LogP contribution in [0, 0.1) is 0 Å². The van der Waals surface area contributed by atoms with Crippen LogP contribution in [0.5, 0.6) is 17.2 Å². The SMILES string of the molecule is O=c1cc(-c2ccc(O[C@@H]3O[C@H](CO)[C@@H](O)[C@@H](O)[C@H]3O)cc2)oc2c([C@@H]3O[C@H](CO)[C@@H](O)[C@H](O)[C@H]3O)c(O)cc(O)c12. The second-order valence-electron chi connectivity index (χ2n) is 10.1. The highest BCUT2D eigenvalue weighted by molar-refractivity contribution is 5.89. The number of fused-ring (bicyclic) bond motifs is 1. The van der Waals surface area contributed by atoms with Gasteiger partial charge < -0.3 is 69.7 Å². The number of ether oxygens (including phenoxy) is 3. The van der Waals surface area contributed by atoms with E-state index in [0.29, 0.717) is 0 Å². The maximum Gasteiger partial charge on any atom is 0.229 e. The molecule has 228 valence electrons. The van der Waals surface area contributed by atoms with Crippen molar-refractivity contribution in [2.45, 2.75) is 61.2 Å². The van der Waals surface area contributed by atoms with Crippen LogP contribution in [0.3, 0.4) is 0 Å². The minimum absolute atomic E-state index is 0.0669. The van der Waals surface area contributed by atoms with E-state index in [-0.39, 0.29) is 33.6 Å². The Balaban J connectivity index is 1.50. The summed E-state index contributed by atoms with van der Waals surface area (Å²) in [6, 6.07) is 7.59. The molecule has 2 aliphatic rings. The van der Waals surface area contributed by atoms with Crippen molar-refractivity contribution in [3.63, 3.8) is 0 Å². The van der Waals surface area contributed by atoms with E-state index in [4.69, 9.17) is 18.6 Å². The first kappa shape index (κ1) is 30.1. The highest BCUT2D eigenvalue weighted by Gasteiger charge is 2.46. The number of aromatic hydroxyl groups is 2. The maximum atomic E-state index is 13.1. The fourth-order valence-corrected chi connectivity index (χ4v) is 5.08. The van der Waals surface area contributed by atoms with Gasteiger partial charge in [0.25, 0.3) is 0 Å². The first-order valence-corrected chi connectivity index (χ1v) is 12.9. The summed E-state index contributed by atoms with van der Waals surface area (Å²) in [6.45, 7) is -1.38. The number of benzene rings is 2. The van der Waals surface area contributed by atoms with Crippen molar-refractivity contribution in [3.05, 3.63) is 52.2 Å². The lowest BCUT2D eigenvalue weighted by molar-refractivity contribution is -0.277. The number of aliphatic hydroxyl groups is 8. The molecule has 3 aromatic rings. The van der Waals surface area contributed by atoms with Gasteiger partial charge in [-0.15, -0.1) is 0 Å². The van der Waals surface area contributed by atoms with Crippen molar-refractivity contribution < 1.29 is 69.7 Å². The molecule has 1 aromatic heterocycles. The monoisotopic (exact) mass is 594 g/mol. The van der Waals surface area contributed by atoms with Gasteiger partial charge in [-0.05, 0) is 24.3 Å². The molecule has 3 heterocycles. The highest BCUT2D eigenvalue weighted by Crippen LogP contribution is 2.43. The van der Waals surface area contributed by atoms with Crippen LogP contribution in [0.15, 0.2) is 45.6 Å². The summed E-state index contributed by atoms with van der Waals surface area (Å²) >= 11 is 0. The minimum Gasteiger partial charge on any atom is -0.507 e. The quantitative estimate of drug-likeness (QED) is 0.142. The van der Waals surface area contributed by atoms with Gasteiger partial charge in [-0.3, -0.25) is 4.79 Å². The van der Waals surface area contributed by atoms with Crippen molar-refractivity contribution in [2.75, 3.05) is 13.2 Å². The average molecular weight is 595 g/mol. The molecule has 10 atom stereocenters. The Morgan fingerprint density at radius 2 is 1.31 bits per heavy atom. The highest BCUT2D eigenvalue weighted by atomic mass is 16.7. The molecule has 15 nitrogen and oxygen atoms in total. The van der Waals surface area contributed by atoms with E-state index >= 15 is 0 Å². The fourth-order valence-electron chi connectivity index (χ4n) is 5.08. The summed E-state index contributed by atoms with van der Waals surface area (Å²) in [6.07, 6.45) is -15.7. The summed E-state index contributed by atoms with van der Waals surface area (Å²) in [5, 5.41) is 101. The normalized spacial score (nSPS) is 33.5. The molecule has 0 amide bonds. The molecule has 2 aromatic carbocycles. The number of hydrogen-bond donors (Lipinski definition) is 10. The number of phenolic OH excluding ortho intramolecular Hbond substituents is 2. The lowest BCUT2D eigenvalue weighted by Gasteiger charge is -2.40. The number of hydrogen-bond acceptors (Lipinski definition) is 15. The van der Waals surface area contributed by atoms with Gasteiger partial charge in [0.15, 0.2) is 11.0 Å². The van der Waals surface area contributed by atoms with Gasteiger partial charge >= 0.3 is 0 Å². The Morgan fingerprint density at radius 3 is 1.93 bits per heavy atom. The van der Waals surface area contributed by atoms with Crippen LogP contribution in [0.1, 0.15) is 11.7 Å². The molecule has 0 bridgehead atoms. The van der Waals surface area contributed by atoms with Gasteiger partial charge in [0, 0.05) is 17.7 Å². The van der Waals surface area contributed by atoms with E-state index < -0.39 is 91.4 Å². The molecule has 0 radical (unpaired) electrons. The molecule has 2 fully saturated rings. The largest absolute Gasteiger partial charge is 0.507 e. The maximum absolute atomic E-state index is 13.1. The molecule has 5 rings (SSSR count). The third kappa shape index (κ3) is 5.20. The number of rotatable bonds is 6. The van der Waals surface area contributed by atoms with E-state index in [9.17, 15) is 55.9 Å². The van der Waals surface area contributed by atoms with Crippen LogP contribution in [-0.2, 0) is 9.47 Å². The van der Waals surface area contributed by atoms with Crippen LogP contribution in [0.4, 0.5) is 0 Å². The summed E-state index contributed by atoms with van der Waals surface area (Å²) in [5.74, 6) is -1.24. The zero-order valence-corrected chi connectivity index (χ0v) is 21.7. The van der Waals surface area contributed by atoms with Crippen LogP contribution < -0.4 is 10.2 Å². The van der Waals surface area contributed by atoms with Crippen molar-refractivity contribution in [2.24, 2.45) is 0 Å². The molecular formula is C27H30O15. The summed E-state index contributed by atoms with van der Waals surface area (Å²) < 4.78 is 22.3. The van der Waals surface area contributed by atoms with Crippen LogP contribution >= 0.6 is 0 Å². The lowest BCUT2D eigenvalue weighted by atomic mass is 9.89. The molecule has 2 saturated heterocycles. The summed E-state index contributed by atoms with van der Waals surface area (Å²) in [5.41, 5.74) is -1.16. The Bertz CT molecular complexity index is 1470. The van der Waals surface area contributed by atoms with Crippen molar-refractivity contribution >= 4 is 11.0 Å². The zero-order valence-electron chi connectivity index (χ0n) is 21.7. The molecule has 0 spiro atoms. The molecule has 2 aliphatic heterocycles. The molecule has 0 unspecified atom stereocenters. The second kappa shape index (κ2) is 11.7. The average Bonchev–Trinajstić information content (AvgIpc) is 2.97. The predicted molar refractivity (Wildman–Crippen MR) is 138 cm³/mol. The van der Waals surface area contributed by atoms with Crippen LogP contribution in [0.25, 0.3) is 22.3 Å². The predicted octanol–water partition coefficient (Wildman–Crippen LogP) is -2.44. The van der Waals surface area contributed by atoms with Gasteiger partial charge in [-0.1, -0.05) is 0 Å². The smallest absolute Gasteiger partial charge is 0.229 e. The second-order valence-corrected chi connectivity index (χ2v) is 10.1. The van der Waals surface area contributed by atoms with Gasteiger partial charge in [0.2, 0.25) is 6.29 Å². The Morgan fingerprint density at radius 1 is 0.714 bits per heavy atom. The van der Waals surface area contributed by atoms with Gasteiger partial charge in [-0.2, -0.15) is 0 Å². The van der Waals surface area contributed by atoms with Gasteiger partial charge in [0.1, 0.15) is 83.3 Å². The van der Waals surface area contributed by atoms with Gasteiger partial charge in [-0.25, -0.2) is 0 Å². The molecule has 0 aliphatic carbocycles. The van der Waals surface area contributed by atoms with E-state index in [2.05, 4.69) is 0 Å². The molecule has 10 N–H and O–H groups in total. The Labute approximate surface area is 236 Å². The first-order chi connectivity index (χ1) is 20.0. The van der Waals surface area contributed by atoms with E-state index in [1.807, 2.05) is 0 Å². The number of phenols is 2. The zero-order chi connectivity index (χ0) is 30.5. The van der Waals surface area contributed by atoms with Crippen molar-refractivity contribution in [3.8, 4) is 28.6 Å². The van der Waals surface area contributed by atoms with Gasteiger partial charge in [0.05, 0.1) is 18.8 Å². The molecule has 15 heteroatoms. The first-order valence-electron chi connectivity index (χ1n) is 12.9. The van der Waals surface area contributed by atoms with E-state index in [1.165, 1.54) is 24.3 Å². The fraction of sp³-hybridized carbons (Fsp3) is 0.444. The van der Waals surface area contributed by atoms with Crippen molar-refractivity contribution in [1.29, 1.82) is 0 Å². The van der Waals surface area contributed by atoms with Crippen LogP contribution in [0.2, 0.25) is 0 Å². The van der Waals surface area contributed by atoms with Crippen LogP contribution in [-0.4, -0.2) is 119 Å². The topological polar surface area (TPSA) is 260 Å².